The van der Waals surface area contributed by atoms with E-state index in [-0.39, 0.29) is 16.8 Å². The first-order valence-electron chi connectivity index (χ1n) is 12.2. The summed E-state index contributed by atoms with van der Waals surface area (Å²) in [5.41, 5.74) is 10.0. The minimum atomic E-state index is -4.06. The molecule has 0 unspecified atom stereocenters. The van der Waals surface area contributed by atoms with Crippen LogP contribution in [0.25, 0.3) is 16.5 Å². The third-order valence-corrected chi connectivity index (χ3v) is 9.86. The Morgan fingerprint density at radius 2 is 1.65 bits per heavy atom. The molecular weight excluding hydrogens is 534 g/mol. The molecule has 1 aromatic heterocycles. The standard InChI is InChI=1S/C28H23N5O6S/c1-28(2)23(27(36)39-22(17-9-5-3-6-10-17)18-11-7-4-8-12-18)33-25(35)21(26(33)40(28,37)38)15-20-14-13-19(16-30-20)24(34)31-32-29/h3-16,22-23,26H,1-2H3/t23-,26+/m0/s1. The third-order valence-electron chi connectivity index (χ3n) is 7.10. The van der Waals surface area contributed by atoms with Crippen molar-refractivity contribution in [2.45, 2.75) is 36.1 Å². The van der Waals surface area contributed by atoms with Crippen molar-refractivity contribution >= 4 is 33.7 Å². The fourth-order valence-corrected chi connectivity index (χ4v) is 7.08. The second kappa shape index (κ2) is 10.1. The predicted octanol–water partition coefficient (Wildman–Crippen LogP) is 3.99. The fourth-order valence-electron chi connectivity index (χ4n) is 4.96. The molecule has 0 spiro atoms. The van der Waals surface area contributed by atoms with E-state index in [2.05, 4.69) is 15.0 Å². The summed E-state index contributed by atoms with van der Waals surface area (Å²) in [5, 5.41) is 1.63. The second-order valence-electron chi connectivity index (χ2n) is 9.82. The number of amides is 2. The monoisotopic (exact) mass is 557 g/mol. The van der Waals surface area contributed by atoms with Crippen LogP contribution in [0.5, 0.6) is 0 Å². The number of ether oxygens (including phenoxy) is 1. The number of fused-ring (bicyclic) bond motifs is 1. The van der Waals surface area contributed by atoms with Crippen molar-refractivity contribution in [1.82, 2.24) is 9.88 Å². The number of carbonyl (C=O) groups is 3. The van der Waals surface area contributed by atoms with Crippen LogP contribution in [0.2, 0.25) is 0 Å². The van der Waals surface area contributed by atoms with E-state index >= 15 is 0 Å². The van der Waals surface area contributed by atoms with Crippen LogP contribution in [0.1, 0.15) is 47.1 Å². The van der Waals surface area contributed by atoms with Crippen molar-refractivity contribution in [1.29, 1.82) is 0 Å². The van der Waals surface area contributed by atoms with Crippen LogP contribution in [0.3, 0.4) is 0 Å². The predicted molar refractivity (Wildman–Crippen MR) is 144 cm³/mol. The number of hydrogen-bond donors (Lipinski definition) is 0. The first-order chi connectivity index (χ1) is 19.1. The van der Waals surface area contributed by atoms with Crippen molar-refractivity contribution in [2.75, 3.05) is 0 Å². The van der Waals surface area contributed by atoms with Crippen molar-refractivity contribution in [3.8, 4) is 0 Å². The molecule has 2 aliphatic heterocycles. The summed E-state index contributed by atoms with van der Waals surface area (Å²) in [6.07, 6.45) is 1.66. The Bertz CT molecular complexity index is 1640. The molecule has 2 fully saturated rings. The Kier molecular flexibility index (Phi) is 6.74. The van der Waals surface area contributed by atoms with E-state index in [1.807, 2.05) is 36.4 Å². The molecule has 0 saturated carbocycles. The van der Waals surface area contributed by atoms with Gasteiger partial charge in [-0.2, -0.15) is 0 Å². The molecule has 0 N–H and O–H groups in total. The summed E-state index contributed by atoms with van der Waals surface area (Å²) in [6.45, 7) is 2.82. The van der Waals surface area contributed by atoms with E-state index in [1.54, 1.807) is 24.3 Å². The van der Waals surface area contributed by atoms with Crippen LogP contribution in [-0.2, 0) is 24.2 Å². The number of carbonyl (C=O) groups excluding carboxylic acids is 3. The molecule has 2 amide bonds. The van der Waals surface area contributed by atoms with Gasteiger partial charge in [0.15, 0.2) is 27.4 Å². The lowest BCUT2D eigenvalue weighted by Gasteiger charge is -2.38. The maximum absolute atomic E-state index is 13.7. The Hall–Kier alpha value is -4.80. The molecule has 2 aromatic carbocycles. The zero-order valence-electron chi connectivity index (χ0n) is 21.4. The Morgan fingerprint density at radius 3 is 2.17 bits per heavy atom. The van der Waals surface area contributed by atoms with Crippen LogP contribution in [0.15, 0.2) is 89.7 Å². The molecule has 12 heteroatoms. The fraction of sp³-hybridized carbons (Fsp3) is 0.214. The lowest BCUT2D eigenvalue weighted by molar-refractivity contribution is -0.160. The number of nitrogens with zero attached hydrogens (tertiary/aromatic N) is 5. The molecule has 5 rings (SSSR count). The second-order valence-corrected chi connectivity index (χ2v) is 12.4. The topological polar surface area (TPSA) is 159 Å². The van der Waals surface area contributed by atoms with Gasteiger partial charge in [-0.15, -0.1) is 0 Å². The Morgan fingerprint density at radius 1 is 1.05 bits per heavy atom. The van der Waals surface area contributed by atoms with Gasteiger partial charge in [0.05, 0.1) is 11.3 Å². The maximum Gasteiger partial charge on any atom is 0.331 e. The number of benzene rings is 2. The van der Waals surface area contributed by atoms with Gasteiger partial charge in [0.1, 0.15) is 4.75 Å². The van der Waals surface area contributed by atoms with Crippen LogP contribution in [0.4, 0.5) is 0 Å². The first-order valence-corrected chi connectivity index (χ1v) is 13.8. The van der Waals surface area contributed by atoms with Crippen LogP contribution in [-0.4, -0.2) is 52.2 Å². The molecule has 202 valence electrons. The highest BCUT2D eigenvalue weighted by atomic mass is 32.2. The van der Waals surface area contributed by atoms with Crippen LogP contribution >= 0.6 is 0 Å². The van der Waals surface area contributed by atoms with Crippen LogP contribution < -0.4 is 0 Å². The highest BCUT2D eigenvalue weighted by Crippen LogP contribution is 2.49. The largest absolute Gasteiger partial charge is 0.451 e. The average Bonchev–Trinajstić information content (AvgIpc) is 3.10. The summed E-state index contributed by atoms with van der Waals surface area (Å²) in [5.74, 6) is -2.29. The smallest absolute Gasteiger partial charge is 0.331 e. The third kappa shape index (κ3) is 4.33. The number of pyridine rings is 1. The lowest BCUT2D eigenvalue weighted by Crippen LogP contribution is -2.59. The van der Waals surface area contributed by atoms with Gasteiger partial charge in [-0.25, -0.2) is 13.2 Å². The summed E-state index contributed by atoms with van der Waals surface area (Å²) in [4.78, 5) is 46.2. The summed E-state index contributed by atoms with van der Waals surface area (Å²) in [7, 11) is -4.06. The van der Waals surface area contributed by atoms with Crippen LogP contribution in [0, 0.1) is 0 Å². The van der Waals surface area contributed by atoms with Gasteiger partial charge in [0, 0.05) is 16.7 Å². The minimum Gasteiger partial charge on any atom is -0.451 e. The van der Waals surface area contributed by atoms with Crippen molar-refractivity contribution in [3.63, 3.8) is 0 Å². The zero-order valence-corrected chi connectivity index (χ0v) is 22.2. The summed E-state index contributed by atoms with van der Waals surface area (Å²) >= 11 is 0. The Labute approximate surface area is 229 Å². The average molecular weight is 558 g/mol. The highest BCUT2D eigenvalue weighted by Gasteiger charge is 2.70. The maximum atomic E-state index is 13.7. The van der Waals surface area contributed by atoms with E-state index in [4.69, 9.17) is 10.3 Å². The highest BCUT2D eigenvalue weighted by molar-refractivity contribution is 7.94. The molecule has 0 aliphatic carbocycles. The van der Waals surface area contributed by atoms with Crippen molar-refractivity contribution in [2.24, 2.45) is 5.11 Å². The molecular formula is C28H23N5O6S. The molecule has 3 heterocycles. The van der Waals surface area contributed by atoms with Gasteiger partial charge in [-0.3, -0.25) is 14.6 Å². The lowest BCUT2D eigenvalue weighted by atomic mass is 9.94. The van der Waals surface area contributed by atoms with Crippen molar-refractivity contribution < 1.29 is 27.5 Å². The van der Waals surface area contributed by atoms with Gasteiger partial charge >= 0.3 is 5.97 Å². The molecule has 2 atom stereocenters. The van der Waals surface area contributed by atoms with E-state index in [0.29, 0.717) is 11.1 Å². The molecule has 3 aromatic rings. The normalized spacial score (nSPS) is 21.3. The van der Waals surface area contributed by atoms with Gasteiger partial charge < -0.3 is 9.64 Å². The minimum absolute atomic E-state index is 0.0327. The van der Waals surface area contributed by atoms with E-state index in [1.165, 1.54) is 32.1 Å². The summed E-state index contributed by atoms with van der Waals surface area (Å²) in [6, 6.07) is 19.5. The number of aromatic nitrogens is 1. The van der Waals surface area contributed by atoms with Crippen molar-refractivity contribution in [3.05, 3.63) is 117 Å². The number of sulfone groups is 1. The first kappa shape index (κ1) is 26.8. The molecule has 0 radical (unpaired) electrons. The molecule has 2 aliphatic rings. The quantitative estimate of drug-likeness (QED) is 0.111. The molecule has 11 nitrogen and oxygen atoms in total. The van der Waals surface area contributed by atoms with Gasteiger partial charge in [0.2, 0.25) is 0 Å². The summed E-state index contributed by atoms with van der Waals surface area (Å²) < 4.78 is 31.6. The van der Waals surface area contributed by atoms with E-state index in [0.717, 1.165) is 11.1 Å². The number of hydrogen-bond acceptors (Lipinski definition) is 7. The number of β-lactam (4-membered cyclic amide) rings is 1. The SMILES string of the molecule is CC1(C)[C@H](C(=O)OC(c2ccccc2)c2ccccc2)N2C(=O)C(=Cc3ccc(C(=O)N=[N+]=[N-])cn3)[C@H]2S1(=O)=O. The van der Waals surface area contributed by atoms with Gasteiger partial charge in [-0.1, -0.05) is 60.7 Å². The molecule has 40 heavy (non-hydrogen) atoms. The number of rotatable bonds is 6. The van der Waals surface area contributed by atoms with E-state index < -0.39 is 49.9 Å². The number of azide groups is 1. The van der Waals surface area contributed by atoms with Gasteiger partial charge in [-0.05, 0) is 53.8 Å². The zero-order chi connectivity index (χ0) is 28.7. The molecule has 2 saturated heterocycles. The Balaban J connectivity index is 1.46. The number of esters is 1. The molecule has 0 bridgehead atoms. The van der Waals surface area contributed by atoms with Gasteiger partial charge in [0.25, 0.3) is 11.8 Å². The van der Waals surface area contributed by atoms with E-state index in [9.17, 15) is 22.8 Å².